The maximum atomic E-state index is 10.5. The van der Waals surface area contributed by atoms with E-state index in [1.807, 2.05) is 0 Å². The Morgan fingerprint density at radius 3 is 3.00 bits per heavy atom. The topological polar surface area (TPSA) is 61.3 Å². The van der Waals surface area contributed by atoms with Gasteiger partial charge in [0.1, 0.15) is 0 Å². The first-order valence-electron chi connectivity index (χ1n) is 3.82. The minimum Gasteiger partial charge on any atom is -0.481 e. The molecule has 0 unspecified atom stereocenters. The number of methoxy groups -OCH3 is 1. The normalized spacial score (nSPS) is 13.9. The number of carbonyl (C=O) groups is 1. The SMILES string of the molecule is COc1nc(C=O)nc2c1COC2. The zero-order chi connectivity index (χ0) is 9.26. The molecule has 1 aliphatic heterocycles. The number of fused-ring (bicyclic) bond motifs is 1. The van der Waals surface area contributed by atoms with E-state index in [0.717, 1.165) is 11.3 Å². The Morgan fingerprint density at radius 1 is 1.46 bits per heavy atom. The lowest BCUT2D eigenvalue weighted by atomic mass is 10.2. The van der Waals surface area contributed by atoms with Crippen LogP contribution in [0.1, 0.15) is 21.9 Å². The van der Waals surface area contributed by atoms with Crippen LogP contribution in [0.4, 0.5) is 0 Å². The molecule has 0 aromatic carbocycles. The molecule has 5 nitrogen and oxygen atoms in total. The lowest BCUT2D eigenvalue weighted by Gasteiger charge is -2.03. The highest BCUT2D eigenvalue weighted by atomic mass is 16.5. The molecule has 68 valence electrons. The van der Waals surface area contributed by atoms with E-state index in [1.165, 1.54) is 7.11 Å². The van der Waals surface area contributed by atoms with Crippen LogP contribution >= 0.6 is 0 Å². The van der Waals surface area contributed by atoms with Crippen molar-refractivity contribution < 1.29 is 14.3 Å². The molecule has 0 amide bonds. The Hall–Kier alpha value is -1.49. The Kier molecular flexibility index (Phi) is 1.94. The van der Waals surface area contributed by atoms with Gasteiger partial charge in [-0.05, 0) is 0 Å². The van der Waals surface area contributed by atoms with Crippen molar-refractivity contribution in [2.75, 3.05) is 7.11 Å². The molecule has 0 radical (unpaired) electrons. The summed E-state index contributed by atoms with van der Waals surface area (Å²) in [6, 6.07) is 0. The summed E-state index contributed by atoms with van der Waals surface area (Å²) < 4.78 is 10.2. The first kappa shape index (κ1) is 8.12. The van der Waals surface area contributed by atoms with Crippen molar-refractivity contribution in [2.45, 2.75) is 13.2 Å². The molecule has 0 atom stereocenters. The van der Waals surface area contributed by atoms with Crippen LogP contribution in [-0.4, -0.2) is 23.4 Å². The van der Waals surface area contributed by atoms with Crippen molar-refractivity contribution in [3.63, 3.8) is 0 Å². The van der Waals surface area contributed by atoms with Crippen molar-refractivity contribution in [3.05, 3.63) is 17.1 Å². The van der Waals surface area contributed by atoms with Gasteiger partial charge in [-0.25, -0.2) is 4.98 Å². The molecule has 5 heteroatoms. The van der Waals surface area contributed by atoms with Crippen LogP contribution in [0.2, 0.25) is 0 Å². The molecule has 0 bridgehead atoms. The molecule has 0 N–H and O–H groups in total. The monoisotopic (exact) mass is 180 g/mol. The van der Waals surface area contributed by atoms with E-state index < -0.39 is 0 Å². The molecule has 0 spiro atoms. The second-order valence-corrected chi connectivity index (χ2v) is 2.63. The Labute approximate surface area is 74.7 Å². The van der Waals surface area contributed by atoms with E-state index in [1.54, 1.807) is 0 Å². The van der Waals surface area contributed by atoms with E-state index >= 15 is 0 Å². The van der Waals surface area contributed by atoms with E-state index in [9.17, 15) is 4.79 Å². The van der Waals surface area contributed by atoms with Crippen molar-refractivity contribution >= 4 is 6.29 Å². The standard InChI is InChI=1S/C8H8N2O3/c1-12-8-5-3-13-4-6(5)9-7(2-11)10-8/h2H,3-4H2,1H3. The third kappa shape index (κ3) is 1.27. The summed E-state index contributed by atoms with van der Waals surface area (Å²) in [5, 5.41) is 0. The number of aldehydes is 1. The largest absolute Gasteiger partial charge is 0.481 e. The minimum atomic E-state index is 0.140. The van der Waals surface area contributed by atoms with Crippen LogP contribution in [0.5, 0.6) is 5.88 Å². The number of rotatable bonds is 2. The number of hydrogen-bond donors (Lipinski definition) is 0. The van der Waals surface area contributed by atoms with Gasteiger partial charge < -0.3 is 9.47 Å². The van der Waals surface area contributed by atoms with E-state index in [2.05, 4.69) is 9.97 Å². The number of nitrogens with zero attached hydrogens (tertiary/aromatic N) is 2. The second kappa shape index (κ2) is 3.10. The van der Waals surface area contributed by atoms with Gasteiger partial charge in [0.25, 0.3) is 0 Å². The summed E-state index contributed by atoms with van der Waals surface area (Å²) in [5.74, 6) is 0.575. The Bertz CT molecular complexity index is 351. The molecule has 0 saturated heterocycles. The molecule has 2 rings (SSSR count). The number of hydrogen-bond acceptors (Lipinski definition) is 5. The predicted molar refractivity (Wildman–Crippen MR) is 42.5 cm³/mol. The average molecular weight is 180 g/mol. The summed E-state index contributed by atoms with van der Waals surface area (Å²) in [6.07, 6.45) is 0.598. The van der Waals surface area contributed by atoms with Gasteiger partial charge in [0.2, 0.25) is 5.88 Å². The molecule has 1 aliphatic rings. The smallest absolute Gasteiger partial charge is 0.222 e. The summed E-state index contributed by atoms with van der Waals surface area (Å²) in [5.41, 5.74) is 1.59. The lowest BCUT2D eigenvalue weighted by molar-refractivity contribution is 0.111. The van der Waals surface area contributed by atoms with Gasteiger partial charge in [0.05, 0.1) is 31.6 Å². The third-order valence-corrected chi connectivity index (χ3v) is 1.86. The van der Waals surface area contributed by atoms with Gasteiger partial charge in [0, 0.05) is 0 Å². The molecule has 0 fully saturated rings. The van der Waals surface area contributed by atoms with E-state index in [0.29, 0.717) is 25.4 Å². The van der Waals surface area contributed by atoms with Crippen molar-refractivity contribution in [2.24, 2.45) is 0 Å². The van der Waals surface area contributed by atoms with Gasteiger partial charge in [-0.2, -0.15) is 4.98 Å². The Balaban J connectivity index is 2.55. The molecule has 1 aromatic rings. The van der Waals surface area contributed by atoms with Gasteiger partial charge in [-0.3, -0.25) is 4.79 Å². The highest BCUT2D eigenvalue weighted by Crippen LogP contribution is 2.25. The van der Waals surface area contributed by atoms with Crippen molar-refractivity contribution in [3.8, 4) is 5.88 Å². The van der Waals surface area contributed by atoms with Crippen LogP contribution in [0.3, 0.4) is 0 Å². The summed E-state index contributed by atoms with van der Waals surface area (Å²) in [6.45, 7) is 0.882. The predicted octanol–water partition coefficient (Wildman–Crippen LogP) is 0.328. The Morgan fingerprint density at radius 2 is 2.31 bits per heavy atom. The highest BCUT2D eigenvalue weighted by Gasteiger charge is 2.20. The second-order valence-electron chi connectivity index (χ2n) is 2.63. The fourth-order valence-electron chi connectivity index (χ4n) is 1.26. The van der Waals surface area contributed by atoms with Crippen LogP contribution in [0.25, 0.3) is 0 Å². The zero-order valence-electron chi connectivity index (χ0n) is 7.11. The van der Waals surface area contributed by atoms with E-state index in [4.69, 9.17) is 9.47 Å². The average Bonchev–Trinajstić information content (AvgIpc) is 2.63. The van der Waals surface area contributed by atoms with Crippen molar-refractivity contribution in [1.29, 1.82) is 0 Å². The number of carbonyl (C=O) groups excluding carboxylic acids is 1. The van der Waals surface area contributed by atoms with E-state index in [-0.39, 0.29) is 5.82 Å². The number of aromatic nitrogens is 2. The lowest BCUT2D eigenvalue weighted by Crippen LogP contribution is -2.02. The first-order valence-corrected chi connectivity index (χ1v) is 3.82. The maximum absolute atomic E-state index is 10.5. The van der Waals surface area contributed by atoms with Gasteiger partial charge >= 0.3 is 0 Å². The zero-order valence-corrected chi connectivity index (χ0v) is 7.11. The summed E-state index contributed by atoms with van der Waals surface area (Å²) in [7, 11) is 1.51. The van der Waals surface area contributed by atoms with Gasteiger partial charge in [-0.1, -0.05) is 0 Å². The molecule has 1 aromatic heterocycles. The molecule has 13 heavy (non-hydrogen) atoms. The van der Waals surface area contributed by atoms with Crippen LogP contribution < -0.4 is 4.74 Å². The maximum Gasteiger partial charge on any atom is 0.222 e. The van der Waals surface area contributed by atoms with Gasteiger partial charge in [0.15, 0.2) is 12.1 Å². The van der Waals surface area contributed by atoms with Gasteiger partial charge in [-0.15, -0.1) is 0 Å². The number of ether oxygens (including phenoxy) is 2. The third-order valence-electron chi connectivity index (χ3n) is 1.86. The molecule has 0 saturated carbocycles. The quantitative estimate of drug-likeness (QED) is 0.613. The van der Waals surface area contributed by atoms with Crippen LogP contribution in [-0.2, 0) is 18.0 Å². The van der Waals surface area contributed by atoms with Crippen molar-refractivity contribution in [1.82, 2.24) is 9.97 Å². The molecule has 0 aliphatic carbocycles. The minimum absolute atomic E-state index is 0.140. The van der Waals surface area contributed by atoms with Crippen LogP contribution in [0.15, 0.2) is 0 Å². The fraction of sp³-hybridized carbons (Fsp3) is 0.375. The molecule has 2 heterocycles. The highest BCUT2D eigenvalue weighted by molar-refractivity contribution is 5.69. The first-order chi connectivity index (χ1) is 6.35. The summed E-state index contributed by atoms with van der Waals surface area (Å²) in [4.78, 5) is 18.3. The van der Waals surface area contributed by atoms with Crippen LogP contribution in [0, 0.1) is 0 Å². The fourth-order valence-corrected chi connectivity index (χ4v) is 1.26. The summed E-state index contributed by atoms with van der Waals surface area (Å²) >= 11 is 0. The molecular weight excluding hydrogens is 172 g/mol. The molecular formula is C8H8N2O3.